The number of hydrogen-bond donors (Lipinski definition) is 2. The number of methoxy groups -OCH3 is 1. The van der Waals surface area contributed by atoms with Gasteiger partial charge in [0.1, 0.15) is 0 Å². The Morgan fingerprint density at radius 2 is 1.94 bits per heavy atom. The molecule has 0 saturated carbocycles. The molecule has 0 aliphatic carbocycles. The maximum absolute atomic E-state index is 13.0. The minimum Gasteiger partial charge on any atom is -0.383 e. The molecular formula is C28H35N5O2S. The highest BCUT2D eigenvalue weighted by molar-refractivity contribution is 7.80. The Balaban J connectivity index is 1.60. The third-order valence-electron chi connectivity index (χ3n) is 6.90. The minimum absolute atomic E-state index is 0.0238. The summed E-state index contributed by atoms with van der Waals surface area (Å²) in [5.74, 6) is -0.0238. The Morgan fingerprint density at radius 3 is 2.67 bits per heavy atom. The van der Waals surface area contributed by atoms with E-state index in [-0.39, 0.29) is 18.0 Å². The van der Waals surface area contributed by atoms with Crippen LogP contribution < -0.4 is 10.6 Å². The van der Waals surface area contributed by atoms with E-state index >= 15 is 0 Å². The second-order valence-electron chi connectivity index (χ2n) is 9.10. The second kappa shape index (κ2) is 11.7. The average Bonchev–Trinajstić information content (AvgIpc) is 3.36. The summed E-state index contributed by atoms with van der Waals surface area (Å²) in [4.78, 5) is 19.7. The van der Waals surface area contributed by atoms with Gasteiger partial charge in [-0.2, -0.15) is 0 Å². The van der Waals surface area contributed by atoms with Gasteiger partial charge in [-0.3, -0.25) is 9.78 Å². The lowest BCUT2D eigenvalue weighted by molar-refractivity contribution is -0.116. The topological polar surface area (TPSA) is 71.4 Å². The van der Waals surface area contributed by atoms with Gasteiger partial charge in [0, 0.05) is 49.9 Å². The van der Waals surface area contributed by atoms with E-state index in [9.17, 15) is 4.79 Å². The van der Waals surface area contributed by atoms with Gasteiger partial charge in [0.25, 0.3) is 0 Å². The van der Waals surface area contributed by atoms with Gasteiger partial charge in [-0.05, 0) is 67.9 Å². The summed E-state index contributed by atoms with van der Waals surface area (Å²) in [6, 6.07) is 15.9. The van der Waals surface area contributed by atoms with E-state index in [1.54, 1.807) is 13.3 Å². The van der Waals surface area contributed by atoms with Gasteiger partial charge in [-0.25, -0.2) is 0 Å². The first-order chi connectivity index (χ1) is 17.4. The number of hydrogen-bond acceptors (Lipinski definition) is 4. The number of carbonyl (C=O) groups is 1. The maximum atomic E-state index is 13.0. The first-order valence-corrected chi connectivity index (χ1v) is 12.9. The van der Waals surface area contributed by atoms with Crippen molar-refractivity contribution in [3.63, 3.8) is 0 Å². The number of rotatable bonds is 10. The molecule has 36 heavy (non-hydrogen) atoms. The van der Waals surface area contributed by atoms with E-state index in [4.69, 9.17) is 17.0 Å². The van der Waals surface area contributed by atoms with Crippen LogP contribution >= 0.6 is 12.2 Å². The number of pyridine rings is 1. The van der Waals surface area contributed by atoms with Crippen LogP contribution in [0.25, 0.3) is 0 Å². The van der Waals surface area contributed by atoms with Crippen molar-refractivity contribution in [1.29, 1.82) is 0 Å². The highest BCUT2D eigenvalue weighted by atomic mass is 32.1. The summed E-state index contributed by atoms with van der Waals surface area (Å²) in [7, 11) is 1.72. The summed E-state index contributed by atoms with van der Waals surface area (Å²) >= 11 is 5.80. The molecule has 3 heterocycles. The number of para-hydroxylation sites is 1. The lowest BCUT2D eigenvalue weighted by atomic mass is 9.96. The van der Waals surface area contributed by atoms with E-state index in [1.165, 1.54) is 17.0 Å². The summed E-state index contributed by atoms with van der Waals surface area (Å²) < 4.78 is 7.61. The van der Waals surface area contributed by atoms with E-state index < -0.39 is 0 Å². The lowest BCUT2D eigenvalue weighted by Crippen LogP contribution is -2.33. The quantitative estimate of drug-likeness (QED) is 0.389. The number of aromatic nitrogens is 2. The van der Waals surface area contributed by atoms with Gasteiger partial charge in [-0.15, -0.1) is 0 Å². The second-order valence-corrected chi connectivity index (χ2v) is 9.49. The van der Waals surface area contributed by atoms with Crippen molar-refractivity contribution >= 4 is 28.9 Å². The van der Waals surface area contributed by atoms with Crippen LogP contribution in [-0.2, 0) is 22.5 Å². The lowest BCUT2D eigenvalue weighted by Gasteiger charge is -2.28. The van der Waals surface area contributed by atoms with Crippen molar-refractivity contribution in [1.82, 2.24) is 19.8 Å². The van der Waals surface area contributed by atoms with E-state index in [0.29, 0.717) is 24.7 Å². The molecule has 1 aliphatic heterocycles. The SMILES string of the molecule is CCc1ccccc1NC(=O)CCN1C(=S)N[C@H](c2ccccn2)[C@@H]1c1cc(C)n(CCOC)c1C. The molecule has 0 spiro atoms. The summed E-state index contributed by atoms with van der Waals surface area (Å²) in [5.41, 5.74) is 6.45. The molecule has 1 saturated heterocycles. The predicted molar refractivity (Wildman–Crippen MR) is 147 cm³/mol. The predicted octanol–water partition coefficient (Wildman–Crippen LogP) is 4.71. The third kappa shape index (κ3) is 5.44. The molecule has 1 amide bonds. The van der Waals surface area contributed by atoms with Crippen molar-refractivity contribution in [3.05, 3.63) is 82.9 Å². The van der Waals surface area contributed by atoms with Crippen LogP contribution in [0.2, 0.25) is 0 Å². The zero-order valence-corrected chi connectivity index (χ0v) is 22.3. The largest absolute Gasteiger partial charge is 0.383 e. The molecule has 2 aromatic heterocycles. The fourth-order valence-corrected chi connectivity index (χ4v) is 5.36. The van der Waals surface area contributed by atoms with Crippen LogP contribution in [0.5, 0.6) is 0 Å². The fourth-order valence-electron chi connectivity index (χ4n) is 5.02. The number of thiocarbonyl (C=S) groups is 1. The molecule has 0 radical (unpaired) electrons. The van der Waals surface area contributed by atoms with Crippen LogP contribution in [0.15, 0.2) is 54.7 Å². The molecule has 1 fully saturated rings. The molecule has 7 nitrogen and oxygen atoms in total. The Hall–Kier alpha value is -3.23. The maximum Gasteiger partial charge on any atom is 0.226 e. The number of nitrogens with one attached hydrogen (secondary N) is 2. The van der Waals surface area contributed by atoms with Crippen molar-refractivity contribution in [2.24, 2.45) is 0 Å². The molecule has 1 aromatic carbocycles. The highest BCUT2D eigenvalue weighted by Gasteiger charge is 2.41. The Bertz CT molecular complexity index is 1210. The normalized spacial score (nSPS) is 17.3. The standard InChI is InChI=1S/C28H35N5O2S/c1-5-21-10-6-7-11-23(21)30-25(34)13-15-33-27(22-18-19(2)32(20(22)3)16-17-35-4)26(31-28(33)36)24-12-8-9-14-29-24/h6-12,14,18,26-27H,5,13,15-17H2,1-4H3,(H,30,34)(H,31,36)/t26-,27+/m1/s1. The van der Waals surface area contributed by atoms with E-state index in [0.717, 1.165) is 29.9 Å². The van der Waals surface area contributed by atoms with Crippen LogP contribution in [0.4, 0.5) is 5.69 Å². The van der Waals surface area contributed by atoms with Crippen LogP contribution in [0.1, 0.15) is 53.6 Å². The van der Waals surface area contributed by atoms with Crippen molar-refractivity contribution < 1.29 is 9.53 Å². The number of anilines is 1. The van der Waals surface area contributed by atoms with Crippen LogP contribution in [0, 0.1) is 13.8 Å². The Labute approximate surface area is 218 Å². The first kappa shape index (κ1) is 25.9. The molecule has 190 valence electrons. The fraction of sp³-hybridized carbons (Fsp3) is 0.393. The number of benzene rings is 1. The molecular weight excluding hydrogens is 470 g/mol. The highest BCUT2D eigenvalue weighted by Crippen LogP contribution is 2.40. The van der Waals surface area contributed by atoms with E-state index in [2.05, 4.69) is 51.9 Å². The first-order valence-electron chi connectivity index (χ1n) is 12.5. The monoisotopic (exact) mass is 505 g/mol. The number of aryl methyl sites for hydroxylation is 2. The number of carbonyl (C=O) groups excluding carboxylic acids is 1. The third-order valence-corrected chi connectivity index (χ3v) is 7.25. The zero-order valence-electron chi connectivity index (χ0n) is 21.5. The Kier molecular flexibility index (Phi) is 8.38. The molecule has 0 unspecified atom stereocenters. The number of amides is 1. The van der Waals surface area contributed by atoms with Crippen molar-refractivity contribution in [3.8, 4) is 0 Å². The van der Waals surface area contributed by atoms with Gasteiger partial charge >= 0.3 is 0 Å². The molecule has 8 heteroatoms. The molecule has 0 bridgehead atoms. The minimum atomic E-state index is -0.112. The van der Waals surface area contributed by atoms with Gasteiger partial charge in [-0.1, -0.05) is 31.2 Å². The van der Waals surface area contributed by atoms with Gasteiger partial charge in [0.05, 0.1) is 24.4 Å². The molecule has 4 rings (SSSR count). The summed E-state index contributed by atoms with van der Waals surface area (Å²) in [6.07, 6.45) is 3.00. The summed E-state index contributed by atoms with van der Waals surface area (Å²) in [6.45, 7) is 8.27. The average molecular weight is 506 g/mol. The zero-order chi connectivity index (χ0) is 25.7. The van der Waals surface area contributed by atoms with E-state index in [1.807, 2.05) is 42.5 Å². The van der Waals surface area contributed by atoms with Gasteiger partial charge in [0.15, 0.2) is 5.11 Å². The van der Waals surface area contributed by atoms with Gasteiger partial charge in [0.2, 0.25) is 5.91 Å². The molecule has 2 N–H and O–H groups in total. The summed E-state index contributed by atoms with van der Waals surface area (Å²) in [5, 5.41) is 7.21. The van der Waals surface area contributed by atoms with Crippen LogP contribution in [0.3, 0.4) is 0 Å². The van der Waals surface area contributed by atoms with Crippen LogP contribution in [-0.4, -0.2) is 45.7 Å². The molecule has 1 aliphatic rings. The smallest absolute Gasteiger partial charge is 0.226 e. The van der Waals surface area contributed by atoms with Crippen molar-refractivity contribution in [2.75, 3.05) is 25.6 Å². The number of nitrogens with zero attached hydrogens (tertiary/aromatic N) is 3. The van der Waals surface area contributed by atoms with Crippen molar-refractivity contribution in [2.45, 2.75) is 52.2 Å². The number of ether oxygens (including phenoxy) is 1. The Morgan fingerprint density at radius 1 is 1.17 bits per heavy atom. The van der Waals surface area contributed by atoms with Gasteiger partial charge < -0.3 is 24.8 Å². The molecule has 3 aromatic rings. The molecule has 2 atom stereocenters.